The van der Waals surface area contributed by atoms with Gasteiger partial charge in [0.05, 0.1) is 11.2 Å². The summed E-state index contributed by atoms with van der Waals surface area (Å²) in [6.07, 6.45) is 3.74. The zero-order valence-corrected chi connectivity index (χ0v) is 21.9. The van der Waals surface area contributed by atoms with Crippen molar-refractivity contribution in [2.24, 2.45) is 0 Å². The molecule has 0 spiro atoms. The van der Waals surface area contributed by atoms with E-state index < -0.39 is 0 Å². The van der Waals surface area contributed by atoms with Crippen molar-refractivity contribution in [2.45, 2.75) is 31.7 Å². The van der Waals surface area contributed by atoms with Gasteiger partial charge in [-0.05, 0) is 44.5 Å². The largest absolute Gasteiger partial charge is 0.382 e. The highest BCUT2D eigenvalue weighted by molar-refractivity contribution is 5.92. The van der Waals surface area contributed by atoms with Crippen LogP contribution in [0.4, 0.5) is 5.82 Å². The predicted octanol–water partition coefficient (Wildman–Crippen LogP) is 4.39. The Hall–Kier alpha value is -3.88. The summed E-state index contributed by atoms with van der Waals surface area (Å²) in [6.45, 7) is 6.71. The average Bonchev–Trinajstić information content (AvgIpc) is 3.30. The molecule has 0 bridgehead atoms. The number of benzene rings is 2. The number of anilines is 1. The number of imidazole rings is 1. The first kappa shape index (κ1) is 23.3. The summed E-state index contributed by atoms with van der Waals surface area (Å²) in [7, 11) is 2.20. The fourth-order valence-corrected chi connectivity index (χ4v) is 6.03. The first-order chi connectivity index (χ1) is 18.5. The van der Waals surface area contributed by atoms with Gasteiger partial charge >= 0.3 is 0 Å². The van der Waals surface area contributed by atoms with Gasteiger partial charge in [-0.2, -0.15) is 5.10 Å². The molecule has 8 nitrogen and oxygen atoms in total. The number of fused-ring (bicyclic) bond motifs is 2. The standard InChI is InChI=1S/C30H32N8/c1-19-14-25(20-6-4-3-5-7-20)34-26-17-21(8-9-24(19)26)27-28-29(31)32-18-33-38(28)30(35-27)22-15-23(16-22)37-12-10-36(2)11-13-37/h3-9,14,17-18,22-23H,10-13,15-16H2,1-2H3,(H2,31,32,33). The highest BCUT2D eigenvalue weighted by Crippen LogP contribution is 2.42. The fourth-order valence-electron chi connectivity index (χ4n) is 6.03. The van der Waals surface area contributed by atoms with Crippen molar-refractivity contribution in [1.82, 2.24) is 34.4 Å². The number of nitrogens with two attached hydrogens (primary N) is 1. The lowest BCUT2D eigenvalue weighted by Gasteiger charge is -2.45. The van der Waals surface area contributed by atoms with E-state index in [2.05, 4.69) is 70.3 Å². The quantitative estimate of drug-likeness (QED) is 0.388. The second-order valence-corrected chi connectivity index (χ2v) is 10.8. The smallest absolute Gasteiger partial charge is 0.153 e. The highest BCUT2D eigenvalue weighted by Gasteiger charge is 2.38. The molecule has 7 rings (SSSR count). The van der Waals surface area contributed by atoms with Crippen molar-refractivity contribution >= 4 is 22.2 Å². The molecule has 2 N–H and O–H groups in total. The number of nitrogen functional groups attached to an aromatic ring is 1. The van der Waals surface area contributed by atoms with E-state index in [0.717, 1.165) is 83.8 Å². The van der Waals surface area contributed by atoms with Gasteiger partial charge in [-0.3, -0.25) is 4.90 Å². The highest BCUT2D eigenvalue weighted by atomic mass is 15.3. The van der Waals surface area contributed by atoms with Crippen LogP contribution in [0, 0.1) is 6.92 Å². The molecular weight excluding hydrogens is 472 g/mol. The SMILES string of the molecule is Cc1cc(-c2ccccc2)nc2cc(-c3nc(C4CC(N5CCN(C)CC5)C4)n4ncnc(N)c34)ccc12. The van der Waals surface area contributed by atoms with Gasteiger partial charge in [0.15, 0.2) is 5.82 Å². The van der Waals surface area contributed by atoms with Crippen LogP contribution in [0.25, 0.3) is 38.9 Å². The Bertz CT molecular complexity index is 1630. The van der Waals surface area contributed by atoms with Gasteiger partial charge in [0.2, 0.25) is 0 Å². The van der Waals surface area contributed by atoms with Crippen molar-refractivity contribution in [2.75, 3.05) is 39.0 Å². The number of aromatic nitrogens is 5. The lowest BCUT2D eigenvalue weighted by atomic mass is 9.78. The summed E-state index contributed by atoms with van der Waals surface area (Å²) in [5.74, 6) is 1.79. The number of hydrogen-bond donors (Lipinski definition) is 1. The molecule has 192 valence electrons. The van der Waals surface area contributed by atoms with Gasteiger partial charge in [0.1, 0.15) is 23.4 Å². The Morgan fingerprint density at radius 3 is 2.47 bits per heavy atom. The van der Waals surface area contributed by atoms with Crippen LogP contribution in [-0.4, -0.2) is 73.6 Å². The van der Waals surface area contributed by atoms with Crippen molar-refractivity contribution in [3.8, 4) is 22.5 Å². The molecule has 1 saturated carbocycles. The molecule has 2 fully saturated rings. The van der Waals surface area contributed by atoms with Crippen molar-refractivity contribution in [3.05, 3.63) is 72.3 Å². The Labute approximate surface area is 222 Å². The molecule has 5 aromatic rings. The van der Waals surface area contributed by atoms with Crippen LogP contribution in [0.3, 0.4) is 0 Å². The number of nitrogens with zero attached hydrogens (tertiary/aromatic N) is 7. The topological polar surface area (TPSA) is 88.5 Å². The molecule has 0 amide bonds. The van der Waals surface area contributed by atoms with Crippen LogP contribution >= 0.6 is 0 Å². The van der Waals surface area contributed by atoms with Crippen LogP contribution in [0.15, 0.2) is 60.9 Å². The van der Waals surface area contributed by atoms with Crippen LogP contribution in [0.1, 0.15) is 30.1 Å². The monoisotopic (exact) mass is 504 g/mol. The van der Waals surface area contributed by atoms with Gasteiger partial charge in [-0.15, -0.1) is 0 Å². The van der Waals surface area contributed by atoms with Gasteiger partial charge in [-0.25, -0.2) is 19.5 Å². The number of likely N-dealkylation sites (N-methyl/N-ethyl adjacent to an activating group) is 1. The molecule has 4 heterocycles. The van der Waals surface area contributed by atoms with Gasteiger partial charge in [0.25, 0.3) is 0 Å². The number of pyridine rings is 1. The molecule has 2 aliphatic rings. The van der Waals surface area contributed by atoms with Crippen molar-refractivity contribution < 1.29 is 0 Å². The summed E-state index contributed by atoms with van der Waals surface area (Å²) < 4.78 is 1.92. The normalized spacial score (nSPS) is 20.7. The second kappa shape index (κ2) is 9.15. The van der Waals surface area contributed by atoms with Crippen LogP contribution in [0.2, 0.25) is 0 Å². The maximum atomic E-state index is 6.42. The van der Waals surface area contributed by atoms with E-state index in [9.17, 15) is 0 Å². The average molecular weight is 505 g/mol. The van der Waals surface area contributed by atoms with Crippen molar-refractivity contribution in [1.29, 1.82) is 0 Å². The molecule has 38 heavy (non-hydrogen) atoms. The van der Waals surface area contributed by atoms with Crippen molar-refractivity contribution in [3.63, 3.8) is 0 Å². The summed E-state index contributed by atoms with van der Waals surface area (Å²) in [5.41, 5.74) is 13.2. The number of aryl methyl sites for hydroxylation is 1. The van der Waals surface area contributed by atoms with Gasteiger partial charge in [-0.1, -0.05) is 42.5 Å². The minimum atomic E-state index is 0.362. The van der Waals surface area contributed by atoms with E-state index in [-0.39, 0.29) is 0 Å². The summed E-state index contributed by atoms with van der Waals surface area (Å²) >= 11 is 0. The molecule has 2 aromatic carbocycles. The minimum absolute atomic E-state index is 0.362. The maximum absolute atomic E-state index is 6.42. The molecule has 0 radical (unpaired) electrons. The van der Waals surface area contributed by atoms with Gasteiger partial charge in [0, 0.05) is 54.7 Å². The summed E-state index contributed by atoms with van der Waals surface area (Å²) in [5, 5.41) is 5.73. The first-order valence-corrected chi connectivity index (χ1v) is 13.4. The Balaban J connectivity index is 1.26. The van der Waals surface area contributed by atoms with E-state index in [1.807, 2.05) is 22.7 Å². The summed E-state index contributed by atoms with van der Waals surface area (Å²) in [6, 6.07) is 19.5. The third kappa shape index (κ3) is 3.92. The fraction of sp³-hybridized carbons (Fsp3) is 0.333. The van der Waals surface area contributed by atoms with E-state index in [1.165, 1.54) is 11.9 Å². The Kier molecular flexibility index (Phi) is 5.60. The Morgan fingerprint density at radius 1 is 0.895 bits per heavy atom. The number of hydrogen-bond acceptors (Lipinski definition) is 7. The van der Waals surface area contributed by atoms with Crippen LogP contribution in [0.5, 0.6) is 0 Å². The minimum Gasteiger partial charge on any atom is -0.382 e. The van der Waals surface area contributed by atoms with E-state index in [0.29, 0.717) is 17.8 Å². The van der Waals surface area contributed by atoms with Crippen LogP contribution in [-0.2, 0) is 0 Å². The molecular formula is C30H32N8. The third-order valence-corrected chi connectivity index (χ3v) is 8.38. The molecule has 0 unspecified atom stereocenters. The molecule has 0 atom stereocenters. The molecule has 1 saturated heterocycles. The van der Waals surface area contributed by atoms with E-state index in [4.69, 9.17) is 15.7 Å². The molecule has 1 aliphatic heterocycles. The number of rotatable bonds is 4. The lowest BCUT2D eigenvalue weighted by molar-refractivity contribution is 0.0584. The zero-order chi connectivity index (χ0) is 25.8. The Morgan fingerprint density at radius 2 is 1.68 bits per heavy atom. The zero-order valence-electron chi connectivity index (χ0n) is 21.9. The molecule has 1 aliphatic carbocycles. The number of piperazine rings is 1. The third-order valence-electron chi connectivity index (χ3n) is 8.38. The van der Waals surface area contributed by atoms with Gasteiger partial charge < -0.3 is 10.6 Å². The predicted molar refractivity (Wildman–Crippen MR) is 151 cm³/mol. The lowest BCUT2D eigenvalue weighted by Crippen LogP contribution is -2.52. The molecule has 8 heteroatoms. The molecule has 3 aromatic heterocycles. The van der Waals surface area contributed by atoms with E-state index in [1.54, 1.807) is 0 Å². The second-order valence-electron chi connectivity index (χ2n) is 10.8. The maximum Gasteiger partial charge on any atom is 0.153 e. The van der Waals surface area contributed by atoms with Crippen LogP contribution < -0.4 is 5.73 Å². The first-order valence-electron chi connectivity index (χ1n) is 13.4. The van der Waals surface area contributed by atoms with E-state index >= 15 is 0 Å². The summed E-state index contributed by atoms with van der Waals surface area (Å²) in [4.78, 5) is 19.6.